The third-order valence-electron chi connectivity index (χ3n) is 4.40. The first kappa shape index (κ1) is 17.0. The van der Waals surface area contributed by atoms with Crippen LogP contribution in [0.3, 0.4) is 0 Å². The zero-order valence-electron chi connectivity index (χ0n) is 14.2. The normalized spacial score (nSPS) is 17.8. The number of oxazole rings is 1. The van der Waals surface area contributed by atoms with Crippen molar-refractivity contribution in [1.29, 1.82) is 0 Å². The molecule has 0 saturated carbocycles. The maximum Gasteiger partial charge on any atom is 0.435 e. The molecule has 0 fully saturated rings. The average Bonchev–Trinajstić information content (AvgIpc) is 3.11. The number of alkyl halides is 3. The van der Waals surface area contributed by atoms with Crippen molar-refractivity contribution in [2.24, 2.45) is 0 Å². The first-order valence-corrected chi connectivity index (χ1v) is 7.91. The lowest BCUT2D eigenvalue weighted by atomic mass is 9.94. The van der Waals surface area contributed by atoms with Crippen molar-refractivity contribution < 1.29 is 17.6 Å². The van der Waals surface area contributed by atoms with Gasteiger partial charge in [-0.05, 0) is 6.92 Å². The fourth-order valence-corrected chi connectivity index (χ4v) is 2.86. The molecule has 0 radical (unpaired) electrons. The molecule has 1 aliphatic rings. The fraction of sp³-hybridized carbons (Fsp3) is 0.625. The summed E-state index contributed by atoms with van der Waals surface area (Å²) >= 11 is 0. The Labute approximate surface area is 138 Å². The minimum atomic E-state index is -4.45. The minimum absolute atomic E-state index is 0.159. The van der Waals surface area contributed by atoms with Gasteiger partial charge < -0.3 is 4.42 Å². The smallest absolute Gasteiger partial charge is 0.435 e. The van der Waals surface area contributed by atoms with Gasteiger partial charge in [0.2, 0.25) is 5.89 Å². The molecule has 0 saturated heterocycles. The molecule has 1 N–H and O–H groups in total. The highest BCUT2D eigenvalue weighted by Crippen LogP contribution is 2.36. The molecule has 0 aromatic carbocycles. The van der Waals surface area contributed by atoms with Gasteiger partial charge in [0.1, 0.15) is 5.76 Å². The van der Waals surface area contributed by atoms with Crippen molar-refractivity contribution in [2.75, 3.05) is 6.54 Å². The highest BCUT2D eigenvalue weighted by Gasteiger charge is 2.40. The van der Waals surface area contributed by atoms with Crippen LogP contribution in [0.2, 0.25) is 0 Å². The molecule has 3 heterocycles. The minimum Gasteiger partial charge on any atom is -0.443 e. The molecule has 5 nitrogen and oxygen atoms in total. The Morgan fingerprint density at radius 3 is 2.58 bits per heavy atom. The first-order chi connectivity index (χ1) is 11.1. The van der Waals surface area contributed by atoms with E-state index in [-0.39, 0.29) is 23.6 Å². The second-order valence-electron chi connectivity index (χ2n) is 7.24. The summed E-state index contributed by atoms with van der Waals surface area (Å²) in [5.41, 5.74) is -0.192. The Bertz CT molecular complexity index is 726. The molecule has 3 rings (SSSR count). The van der Waals surface area contributed by atoms with E-state index in [1.165, 1.54) is 0 Å². The van der Waals surface area contributed by atoms with Gasteiger partial charge in [-0.1, -0.05) is 20.8 Å². The maximum absolute atomic E-state index is 13.1. The lowest BCUT2D eigenvalue weighted by molar-refractivity contribution is -0.142. The molecule has 0 spiro atoms. The van der Waals surface area contributed by atoms with Crippen LogP contribution in [-0.4, -0.2) is 26.6 Å². The quantitative estimate of drug-likeness (QED) is 0.901. The number of nitrogens with zero attached hydrogens (tertiary/aromatic N) is 3. The number of H-pyrrole nitrogens is 1. The summed E-state index contributed by atoms with van der Waals surface area (Å²) in [7, 11) is 0. The summed E-state index contributed by atoms with van der Waals surface area (Å²) in [6.45, 7) is 8.77. The molecule has 24 heavy (non-hydrogen) atoms. The number of fused-ring (bicyclic) bond motifs is 1. The highest BCUT2D eigenvalue weighted by molar-refractivity contribution is 5.29. The molecule has 8 heteroatoms. The molecule has 1 unspecified atom stereocenters. The molecule has 0 bridgehead atoms. The zero-order chi connectivity index (χ0) is 17.7. The summed E-state index contributed by atoms with van der Waals surface area (Å²) in [5.74, 6) is 1.29. The topological polar surface area (TPSA) is 58.0 Å². The predicted molar refractivity (Wildman–Crippen MR) is 81.3 cm³/mol. The fourth-order valence-electron chi connectivity index (χ4n) is 2.86. The van der Waals surface area contributed by atoms with E-state index in [9.17, 15) is 13.2 Å². The van der Waals surface area contributed by atoms with Crippen molar-refractivity contribution in [3.05, 3.63) is 34.8 Å². The van der Waals surface area contributed by atoms with Crippen LogP contribution < -0.4 is 0 Å². The van der Waals surface area contributed by atoms with Gasteiger partial charge >= 0.3 is 6.18 Å². The van der Waals surface area contributed by atoms with Crippen LogP contribution in [0.4, 0.5) is 13.2 Å². The number of rotatable bonds is 2. The number of hydrogen-bond donors (Lipinski definition) is 1. The number of aromatic amines is 1. The Morgan fingerprint density at radius 2 is 2.00 bits per heavy atom. The third kappa shape index (κ3) is 3.07. The van der Waals surface area contributed by atoms with E-state index in [2.05, 4.69) is 15.2 Å². The van der Waals surface area contributed by atoms with E-state index in [1.807, 2.05) is 32.6 Å². The van der Waals surface area contributed by atoms with Gasteiger partial charge in [-0.2, -0.15) is 18.3 Å². The number of hydrogen-bond acceptors (Lipinski definition) is 4. The third-order valence-corrected chi connectivity index (χ3v) is 4.40. The van der Waals surface area contributed by atoms with E-state index in [4.69, 9.17) is 4.42 Å². The Hall–Kier alpha value is -1.83. The Morgan fingerprint density at radius 1 is 1.29 bits per heavy atom. The summed E-state index contributed by atoms with van der Waals surface area (Å²) < 4.78 is 45.0. The van der Waals surface area contributed by atoms with Gasteiger partial charge in [-0.25, -0.2) is 4.98 Å². The summed E-state index contributed by atoms with van der Waals surface area (Å²) in [6.07, 6.45) is -2.26. The van der Waals surface area contributed by atoms with Gasteiger partial charge in [-0.15, -0.1) is 0 Å². The van der Waals surface area contributed by atoms with Gasteiger partial charge in [0.05, 0.1) is 12.2 Å². The van der Waals surface area contributed by atoms with Crippen LogP contribution in [0.5, 0.6) is 0 Å². The molecule has 1 atom stereocenters. The van der Waals surface area contributed by atoms with Crippen molar-refractivity contribution in [3.8, 4) is 0 Å². The predicted octanol–water partition coefficient (Wildman–Crippen LogP) is 3.83. The summed E-state index contributed by atoms with van der Waals surface area (Å²) in [5, 5.41) is 5.98. The van der Waals surface area contributed by atoms with Gasteiger partial charge in [0.15, 0.2) is 5.69 Å². The summed E-state index contributed by atoms with van der Waals surface area (Å²) in [6, 6.07) is -0.203. The largest absolute Gasteiger partial charge is 0.443 e. The standard InChI is InChI=1S/C16H21F3N4O/c1-9(14-20-7-12(24-14)15(2,3)4)23-6-5-11-10(8-23)13(22-21-11)16(17,18)19/h7,9H,5-6,8H2,1-4H3,(H,21,22). The summed E-state index contributed by atoms with van der Waals surface area (Å²) in [4.78, 5) is 6.25. The van der Waals surface area contributed by atoms with E-state index in [1.54, 1.807) is 6.20 Å². The Balaban J connectivity index is 1.82. The van der Waals surface area contributed by atoms with Crippen molar-refractivity contribution in [2.45, 2.75) is 58.3 Å². The van der Waals surface area contributed by atoms with E-state index in [0.717, 1.165) is 5.76 Å². The number of halogens is 3. The molecule has 1 aliphatic heterocycles. The van der Waals surface area contributed by atoms with Crippen LogP contribution in [0, 0.1) is 0 Å². The second kappa shape index (κ2) is 5.61. The Kier molecular flexibility index (Phi) is 3.98. The van der Waals surface area contributed by atoms with Crippen molar-refractivity contribution >= 4 is 0 Å². The van der Waals surface area contributed by atoms with Crippen molar-refractivity contribution in [3.63, 3.8) is 0 Å². The lowest BCUT2D eigenvalue weighted by Crippen LogP contribution is -2.33. The van der Waals surface area contributed by atoms with Crippen LogP contribution in [0.15, 0.2) is 10.6 Å². The monoisotopic (exact) mass is 342 g/mol. The highest BCUT2D eigenvalue weighted by atomic mass is 19.4. The SMILES string of the molecule is CC(c1ncc(C(C)(C)C)o1)N1CCc2[nH]nc(C(F)(F)F)c2C1. The van der Waals surface area contributed by atoms with E-state index in [0.29, 0.717) is 24.6 Å². The van der Waals surface area contributed by atoms with Gasteiger partial charge in [0.25, 0.3) is 0 Å². The van der Waals surface area contributed by atoms with Crippen LogP contribution >= 0.6 is 0 Å². The first-order valence-electron chi connectivity index (χ1n) is 7.91. The van der Waals surface area contributed by atoms with Gasteiger partial charge in [0, 0.05) is 36.2 Å². The number of nitrogens with one attached hydrogen (secondary N) is 1. The lowest BCUT2D eigenvalue weighted by Gasteiger charge is -2.31. The maximum atomic E-state index is 13.1. The molecular weight excluding hydrogens is 321 g/mol. The number of aromatic nitrogens is 3. The molecule has 0 amide bonds. The molecular formula is C16H21F3N4O. The van der Waals surface area contributed by atoms with Crippen LogP contribution in [0.25, 0.3) is 0 Å². The van der Waals surface area contributed by atoms with E-state index < -0.39 is 11.9 Å². The second-order valence-corrected chi connectivity index (χ2v) is 7.24. The molecule has 132 valence electrons. The van der Waals surface area contributed by atoms with Crippen LogP contribution in [0.1, 0.15) is 62.3 Å². The molecule has 2 aromatic rings. The van der Waals surface area contributed by atoms with Crippen LogP contribution in [-0.2, 0) is 24.6 Å². The van der Waals surface area contributed by atoms with Gasteiger partial charge in [-0.3, -0.25) is 10.00 Å². The zero-order valence-corrected chi connectivity index (χ0v) is 14.2. The average molecular weight is 342 g/mol. The van der Waals surface area contributed by atoms with E-state index >= 15 is 0 Å². The molecule has 2 aromatic heterocycles. The molecule has 0 aliphatic carbocycles. The van der Waals surface area contributed by atoms with Crippen molar-refractivity contribution in [1.82, 2.24) is 20.1 Å².